The van der Waals surface area contributed by atoms with Crippen molar-refractivity contribution in [2.24, 2.45) is 4.99 Å². The lowest BCUT2D eigenvalue weighted by atomic mass is 10.1. The standard InChI is InChI=1S/C21H32N4O3.HI/c1-2-22-21(25-12-14-28-19(16-25)18-9-6-13-27-18)23-11-10-20(26)24-15-17-7-4-3-5-8-17;/h3-5,7-8,18-19H,2,6,9-16H2,1H3,(H,22,23)(H,24,26);1H. The van der Waals surface area contributed by atoms with E-state index in [9.17, 15) is 4.79 Å². The first-order valence-electron chi connectivity index (χ1n) is 10.3. The Hall–Kier alpha value is -1.39. The van der Waals surface area contributed by atoms with Gasteiger partial charge in [0.1, 0.15) is 6.10 Å². The fourth-order valence-corrected chi connectivity index (χ4v) is 3.56. The van der Waals surface area contributed by atoms with Gasteiger partial charge >= 0.3 is 0 Å². The highest BCUT2D eigenvalue weighted by Crippen LogP contribution is 2.21. The minimum Gasteiger partial charge on any atom is -0.375 e. The highest BCUT2D eigenvalue weighted by molar-refractivity contribution is 14.0. The third-order valence-electron chi connectivity index (χ3n) is 5.04. The van der Waals surface area contributed by atoms with Gasteiger partial charge in [0.25, 0.3) is 0 Å². The molecule has 162 valence electrons. The van der Waals surface area contributed by atoms with E-state index in [4.69, 9.17) is 9.47 Å². The number of nitrogens with one attached hydrogen (secondary N) is 2. The number of aliphatic imine (C=N–C) groups is 1. The van der Waals surface area contributed by atoms with Crippen LogP contribution in [0.4, 0.5) is 0 Å². The van der Waals surface area contributed by atoms with Gasteiger partial charge in [0.05, 0.1) is 19.3 Å². The first-order valence-corrected chi connectivity index (χ1v) is 10.3. The molecule has 2 aliphatic rings. The van der Waals surface area contributed by atoms with E-state index in [1.54, 1.807) is 0 Å². The summed E-state index contributed by atoms with van der Waals surface area (Å²) in [6.07, 6.45) is 2.83. The lowest BCUT2D eigenvalue weighted by molar-refractivity contribution is -0.121. The molecule has 2 N–H and O–H groups in total. The van der Waals surface area contributed by atoms with Crippen molar-refractivity contribution in [1.29, 1.82) is 0 Å². The summed E-state index contributed by atoms with van der Waals surface area (Å²) in [4.78, 5) is 19.0. The van der Waals surface area contributed by atoms with Crippen molar-refractivity contribution >= 4 is 35.8 Å². The van der Waals surface area contributed by atoms with Crippen LogP contribution >= 0.6 is 24.0 Å². The van der Waals surface area contributed by atoms with Crippen molar-refractivity contribution in [2.75, 3.05) is 39.4 Å². The third kappa shape index (κ3) is 7.75. The average molecular weight is 516 g/mol. The van der Waals surface area contributed by atoms with E-state index in [0.717, 1.165) is 50.6 Å². The minimum absolute atomic E-state index is 0. The first-order chi connectivity index (χ1) is 13.8. The Balaban J connectivity index is 0.00000300. The quantitative estimate of drug-likeness (QED) is 0.330. The van der Waals surface area contributed by atoms with Crippen molar-refractivity contribution in [3.63, 3.8) is 0 Å². The molecule has 2 atom stereocenters. The number of guanidine groups is 1. The molecular weight excluding hydrogens is 483 g/mol. The highest BCUT2D eigenvalue weighted by Gasteiger charge is 2.32. The number of hydrogen-bond acceptors (Lipinski definition) is 4. The predicted molar refractivity (Wildman–Crippen MR) is 125 cm³/mol. The number of amides is 1. The van der Waals surface area contributed by atoms with Crippen molar-refractivity contribution in [2.45, 2.75) is 44.9 Å². The van der Waals surface area contributed by atoms with Gasteiger partial charge in [0.15, 0.2) is 5.96 Å². The van der Waals surface area contributed by atoms with Crippen LogP contribution in [0.2, 0.25) is 0 Å². The summed E-state index contributed by atoms with van der Waals surface area (Å²) in [6.45, 7) is 6.94. The maximum absolute atomic E-state index is 12.1. The lowest BCUT2D eigenvalue weighted by Crippen LogP contribution is -2.53. The van der Waals surface area contributed by atoms with Gasteiger partial charge < -0.3 is 25.0 Å². The van der Waals surface area contributed by atoms with Gasteiger partial charge in [-0.25, -0.2) is 0 Å². The van der Waals surface area contributed by atoms with E-state index in [0.29, 0.717) is 26.1 Å². The number of benzene rings is 1. The number of halogens is 1. The van der Waals surface area contributed by atoms with Crippen LogP contribution in [0.25, 0.3) is 0 Å². The van der Waals surface area contributed by atoms with Gasteiger partial charge in [0.2, 0.25) is 5.91 Å². The van der Waals surface area contributed by atoms with Gasteiger partial charge in [-0.1, -0.05) is 30.3 Å². The Morgan fingerprint density at radius 1 is 1.17 bits per heavy atom. The molecule has 1 aromatic rings. The minimum atomic E-state index is 0. The van der Waals surface area contributed by atoms with E-state index in [2.05, 4.69) is 27.4 Å². The number of ether oxygens (including phenoxy) is 2. The molecule has 7 nitrogen and oxygen atoms in total. The molecule has 2 unspecified atom stereocenters. The third-order valence-corrected chi connectivity index (χ3v) is 5.04. The zero-order valence-corrected chi connectivity index (χ0v) is 19.5. The topological polar surface area (TPSA) is 75.2 Å². The van der Waals surface area contributed by atoms with Crippen LogP contribution in [0.15, 0.2) is 35.3 Å². The first kappa shape index (κ1) is 23.9. The van der Waals surface area contributed by atoms with Crippen molar-refractivity contribution in [3.05, 3.63) is 35.9 Å². The van der Waals surface area contributed by atoms with Crippen LogP contribution in [-0.2, 0) is 20.8 Å². The summed E-state index contributed by atoms with van der Waals surface area (Å²) in [7, 11) is 0. The van der Waals surface area contributed by atoms with E-state index < -0.39 is 0 Å². The smallest absolute Gasteiger partial charge is 0.222 e. The molecule has 0 saturated carbocycles. The Morgan fingerprint density at radius 3 is 2.69 bits per heavy atom. The largest absolute Gasteiger partial charge is 0.375 e. The molecule has 1 aromatic carbocycles. The number of rotatable bonds is 7. The molecule has 3 rings (SSSR count). The maximum atomic E-state index is 12.1. The molecule has 2 aliphatic heterocycles. The predicted octanol–water partition coefficient (Wildman–Crippen LogP) is 2.16. The number of morpholine rings is 1. The summed E-state index contributed by atoms with van der Waals surface area (Å²) in [6, 6.07) is 9.92. The van der Waals surface area contributed by atoms with Crippen LogP contribution < -0.4 is 10.6 Å². The molecular formula is C21H33IN4O3. The van der Waals surface area contributed by atoms with Gasteiger partial charge in [-0.05, 0) is 25.3 Å². The molecule has 0 bridgehead atoms. The molecule has 0 aliphatic carbocycles. The summed E-state index contributed by atoms with van der Waals surface area (Å²) in [5.41, 5.74) is 1.10. The second kappa shape index (κ2) is 13.0. The zero-order valence-electron chi connectivity index (χ0n) is 17.1. The fourth-order valence-electron chi connectivity index (χ4n) is 3.56. The number of nitrogens with zero attached hydrogens (tertiary/aromatic N) is 2. The molecule has 29 heavy (non-hydrogen) atoms. The second-order valence-corrected chi connectivity index (χ2v) is 7.15. The molecule has 2 saturated heterocycles. The van der Waals surface area contributed by atoms with Crippen LogP contribution in [0.5, 0.6) is 0 Å². The van der Waals surface area contributed by atoms with Crippen molar-refractivity contribution < 1.29 is 14.3 Å². The SMILES string of the molecule is CCNC(=NCCC(=O)NCc1ccccc1)N1CCOC(C2CCCO2)C1.I. The van der Waals surface area contributed by atoms with Crippen LogP contribution in [0.3, 0.4) is 0 Å². The van der Waals surface area contributed by atoms with Crippen LogP contribution in [0.1, 0.15) is 31.7 Å². The monoisotopic (exact) mass is 516 g/mol. The van der Waals surface area contributed by atoms with Gasteiger partial charge in [-0.15, -0.1) is 24.0 Å². The van der Waals surface area contributed by atoms with Gasteiger partial charge in [-0.3, -0.25) is 9.79 Å². The van der Waals surface area contributed by atoms with Crippen molar-refractivity contribution in [1.82, 2.24) is 15.5 Å². The molecule has 0 radical (unpaired) electrons. The molecule has 1 amide bonds. The number of carbonyl (C=O) groups excluding carboxylic acids is 1. The average Bonchev–Trinajstić information content (AvgIpc) is 3.27. The van der Waals surface area contributed by atoms with E-state index in [1.807, 2.05) is 30.3 Å². The Morgan fingerprint density at radius 2 is 1.97 bits per heavy atom. The van der Waals surface area contributed by atoms with Gasteiger partial charge in [-0.2, -0.15) is 0 Å². The number of hydrogen-bond donors (Lipinski definition) is 2. The molecule has 0 aromatic heterocycles. The highest BCUT2D eigenvalue weighted by atomic mass is 127. The summed E-state index contributed by atoms with van der Waals surface area (Å²) in [5, 5.41) is 6.29. The summed E-state index contributed by atoms with van der Waals surface area (Å²) >= 11 is 0. The van der Waals surface area contributed by atoms with E-state index >= 15 is 0 Å². The molecule has 2 fully saturated rings. The molecule has 0 spiro atoms. The molecule has 2 heterocycles. The molecule has 8 heteroatoms. The maximum Gasteiger partial charge on any atom is 0.222 e. The van der Waals surface area contributed by atoms with Crippen LogP contribution in [0, 0.1) is 0 Å². The second-order valence-electron chi connectivity index (χ2n) is 7.15. The lowest BCUT2D eigenvalue weighted by Gasteiger charge is -2.37. The number of carbonyl (C=O) groups is 1. The van der Waals surface area contributed by atoms with Crippen molar-refractivity contribution in [3.8, 4) is 0 Å². The fraction of sp³-hybridized carbons (Fsp3) is 0.619. The zero-order chi connectivity index (χ0) is 19.6. The summed E-state index contributed by atoms with van der Waals surface area (Å²) in [5.74, 6) is 0.868. The van der Waals surface area contributed by atoms with Crippen LogP contribution in [-0.4, -0.2) is 68.4 Å². The summed E-state index contributed by atoms with van der Waals surface area (Å²) < 4.78 is 11.7. The van der Waals surface area contributed by atoms with E-state index in [-0.39, 0.29) is 42.1 Å². The van der Waals surface area contributed by atoms with Gasteiger partial charge in [0, 0.05) is 39.2 Å². The normalized spacial score (nSPS) is 22.1. The Bertz CT molecular complexity index is 638. The Labute approximate surface area is 190 Å². The van der Waals surface area contributed by atoms with E-state index in [1.165, 1.54) is 0 Å². The Kier molecular flexibility index (Phi) is 10.7.